The van der Waals surface area contributed by atoms with Gasteiger partial charge in [-0.1, -0.05) is 73.6 Å². The zero-order chi connectivity index (χ0) is 11.8. The summed E-state index contributed by atoms with van der Waals surface area (Å²) in [7, 11) is 0. The Morgan fingerprint density at radius 2 is 1.00 bits per heavy atom. The maximum Gasteiger partial charge on any atom is -0.0394 e. The van der Waals surface area contributed by atoms with Gasteiger partial charge >= 0.3 is 0 Å². The fraction of sp³-hybridized carbons (Fsp3) is 1.00. The summed E-state index contributed by atoms with van der Waals surface area (Å²) in [5, 5.41) is 0. The maximum absolute atomic E-state index is 2.37. The van der Waals surface area contributed by atoms with Crippen molar-refractivity contribution in [1.82, 2.24) is 0 Å². The first-order valence-corrected chi connectivity index (χ1v) is 7.02. The Balaban J connectivity index is 3.75. The van der Waals surface area contributed by atoms with Gasteiger partial charge in [-0.2, -0.15) is 0 Å². The second-order valence-corrected chi connectivity index (χ2v) is 5.76. The summed E-state index contributed by atoms with van der Waals surface area (Å²) in [6, 6.07) is 0. The first-order valence-electron chi connectivity index (χ1n) is 7.02. The first kappa shape index (κ1) is 15.0. The highest BCUT2D eigenvalue weighted by Gasteiger charge is 2.14. The molecule has 2 atom stereocenters. The SMILES string of the molecule is CCC(CCCC(CC)C(C)C)C(C)C. The van der Waals surface area contributed by atoms with Crippen LogP contribution in [0.25, 0.3) is 0 Å². The molecule has 2 unspecified atom stereocenters. The molecule has 0 aromatic rings. The van der Waals surface area contributed by atoms with Gasteiger partial charge in [0.25, 0.3) is 0 Å². The van der Waals surface area contributed by atoms with Gasteiger partial charge in [0.05, 0.1) is 0 Å². The van der Waals surface area contributed by atoms with Gasteiger partial charge in [-0.3, -0.25) is 0 Å². The van der Waals surface area contributed by atoms with Gasteiger partial charge in [0, 0.05) is 0 Å². The van der Waals surface area contributed by atoms with Crippen LogP contribution in [-0.2, 0) is 0 Å². The van der Waals surface area contributed by atoms with Gasteiger partial charge in [0.1, 0.15) is 0 Å². The molecular weight excluding hydrogens is 180 g/mol. The molecule has 0 heteroatoms. The van der Waals surface area contributed by atoms with Gasteiger partial charge < -0.3 is 0 Å². The van der Waals surface area contributed by atoms with Crippen LogP contribution in [0.1, 0.15) is 73.6 Å². The lowest BCUT2D eigenvalue weighted by atomic mass is 9.84. The van der Waals surface area contributed by atoms with Gasteiger partial charge in [-0.05, 0) is 23.7 Å². The van der Waals surface area contributed by atoms with E-state index < -0.39 is 0 Å². The second kappa shape index (κ2) is 8.19. The van der Waals surface area contributed by atoms with E-state index in [9.17, 15) is 0 Å². The third-order valence-electron chi connectivity index (χ3n) is 4.08. The van der Waals surface area contributed by atoms with Crippen molar-refractivity contribution in [2.45, 2.75) is 73.6 Å². The minimum absolute atomic E-state index is 0.870. The van der Waals surface area contributed by atoms with Crippen LogP contribution in [0.3, 0.4) is 0 Å². The van der Waals surface area contributed by atoms with Crippen LogP contribution in [0, 0.1) is 23.7 Å². The van der Waals surface area contributed by atoms with E-state index in [0.29, 0.717) is 0 Å². The molecule has 0 aliphatic rings. The second-order valence-electron chi connectivity index (χ2n) is 5.76. The molecule has 0 N–H and O–H groups in total. The van der Waals surface area contributed by atoms with E-state index in [1.54, 1.807) is 0 Å². The van der Waals surface area contributed by atoms with E-state index >= 15 is 0 Å². The molecule has 92 valence electrons. The number of hydrogen-bond donors (Lipinski definition) is 0. The van der Waals surface area contributed by atoms with E-state index in [0.717, 1.165) is 23.7 Å². The monoisotopic (exact) mass is 212 g/mol. The molecule has 0 rings (SSSR count). The van der Waals surface area contributed by atoms with Crippen molar-refractivity contribution in [3.8, 4) is 0 Å². The molecule has 15 heavy (non-hydrogen) atoms. The zero-order valence-corrected chi connectivity index (χ0v) is 11.8. The summed E-state index contributed by atoms with van der Waals surface area (Å²) in [5.41, 5.74) is 0. The molecule has 0 saturated heterocycles. The van der Waals surface area contributed by atoms with Crippen LogP contribution in [0.4, 0.5) is 0 Å². The summed E-state index contributed by atoms with van der Waals surface area (Å²) >= 11 is 0. The van der Waals surface area contributed by atoms with E-state index in [-0.39, 0.29) is 0 Å². The fourth-order valence-corrected chi connectivity index (χ4v) is 2.66. The third-order valence-corrected chi connectivity index (χ3v) is 4.08. The summed E-state index contributed by atoms with van der Waals surface area (Å²) in [6.45, 7) is 14.2. The Bertz CT molecular complexity index is 119. The smallest absolute Gasteiger partial charge is 0.0394 e. The molecule has 0 radical (unpaired) electrons. The predicted molar refractivity (Wildman–Crippen MR) is 71.1 cm³/mol. The zero-order valence-electron chi connectivity index (χ0n) is 11.8. The van der Waals surface area contributed by atoms with Crippen LogP contribution >= 0.6 is 0 Å². The highest BCUT2D eigenvalue weighted by Crippen LogP contribution is 2.26. The number of hydrogen-bond acceptors (Lipinski definition) is 0. The lowest BCUT2D eigenvalue weighted by Crippen LogP contribution is -2.11. The Labute approximate surface area is 97.8 Å². The van der Waals surface area contributed by atoms with Crippen molar-refractivity contribution in [1.29, 1.82) is 0 Å². The van der Waals surface area contributed by atoms with Gasteiger partial charge in [-0.15, -0.1) is 0 Å². The van der Waals surface area contributed by atoms with E-state index in [2.05, 4.69) is 41.5 Å². The normalized spacial score (nSPS) is 16.0. The van der Waals surface area contributed by atoms with Crippen molar-refractivity contribution >= 4 is 0 Å². The molecule has 0 fully saturated rings. The third kappa shape index (κ3) is 6.22. The van der Waals surface area contributed by atoms with E-state index in [1.807, 2.05) is 0 Å². The Morgan fingerprint density at radius 3 is 1.20 bits per heavy atom. The van der Waals surface area contributed by atoms with Crippen LogP contribution in [0.5, 0.6) is 0 Å². The Kier molecular flexibility index (Phi) is 8.19. The van der Waals surface area contributed by atoms with E-state index in [1.165, 1.54) is 32.1 Å². The number of rotatable bonds is 8. The van der Waals surface area contributed by atoms with E-state index in [4.69, 9.17) is 0 Å². The summed E-state index contributed by atoms with van der Waals surface area (Å²) in [6.07, 6.45) is 7.04. The topological polar surface area (TPSA) is 0 Å². The van der Waals surface area contributed by atoms with Crippen molar-refractivity contribution in [3.05, 3.63) is 0 Å². The van der Waals surface area contributed by atoms with Crippen LogP contribution < -0.4 is 0 Å². The molecular formula is C15H32. The van der Waals surface area contributed by atoms with Gasteiger partial charge in [-0.25, -0.2) is 0 Å². The summed E-state index contributed by atoms with van der Waals surface area (Å²) in [4.78, 5) is 0. The average molecular weight is 212 g/mol. The van der Waals surface area contributed by atoms with Crippen molar-refractivity contribution < 1.29 is 0 Å². The predicted octanol–water partition coefficient (Wildman–Crippen LogP) is 5.52. The molecule has 0 aliphatic heterocycles. The van der Waals surface area contributed by atoms with Crippen LogP contribution in [-0.4, -0.2) is 0 Å². The van der Waals surface area contributed by atoms with Crippen molar-refractivity contribution in [2.24, 2.45) is 23.7 Å². The Hall–Kier alpha value is 0. The minimum atomic E-state index is 0.870. The molecule has 0 bridgehead atoms. The first-order chi connectivity index (χ1) is 7.02. The fourth-order valence-electron chi connectivity index (χ4n) is 2.66. The van der Waals surface area contributed by atoms with Gasteiger partial charge in [0.2, 0.25) is 0 Å². The molecule has 0 saturated carbocycles. The van der Waals surface area contributed by atoms with Crippen LogP contribution in [0.2, 0.25) is 0 Å². The molecule has 0 aromatic carbocycles. The molecule has 0 aliphatic carbocycles. The highest BCUT2D eigenvalue weighted by molar-refractivity contribution is 4.65. The maximum atomic E-state index is 2.37. The molecule has 0 heterocycles. The van der Waals surface area contributed by atoms with Crippen molar-refractivity contribution in [2.75, 3.05) is 0 Å². The quantitative estimate of drug-likeness (QED) is 0.497. The largest absolute Gasteiger partial charge is 0.0651 e. The molecule has 0 aromatic heterocycles. The minimum Gasteiger partial charge on any atom is -0.0651 e. The molecule has 0 spiro atoms. The Morgan fingerprint density at radius 1 is 0.667 bits per heavy atom. The summed E-state index contributed by atoms with van der Waals surface area (Å²) in [5.74, 6) is 3.65. The molecule has 0 amide bonds. The summed E-state index contributed by atoms with van der Waals surface area (Å²) < 4.78 is 0. The average Bonchev–Trinajstić information content (AvgIpc) is 2.17. The lowest BCUT2D eigenvalue weighted by Gasteiger charge is -2.22. The van der Waals surface area contributed by atoms with Gasteiger partial charge in [0.15, 0.2) is 0 Å². The lowest BCUT2D eigenvalue weighted by molar-refractivity contribution is 0.293. The van der Waals surface area contributed by atoms with Crippen molar-refractivity contribution in [3.63, 3.8) is 0 Å². The molecule has 0 nitrogen and oxygen atoms in total. The highest BCUT2D eigenvalue weighted by atomic mass is 14.2. The van der Waals surface area contributed by atoms with Crippen LogP contribution in [0.15, 0.2) is 0 Å². The standard InChI is InChI=1S/C15H32/c1-7-14(12(3)4)10-9-11-15(8-2)13(5)6/h12-15H,7-11H2,1-6H3.